The number of ketones is 1. The normalized spacial score (nSPS) is 32.7. The minimum atomic E-state index is -0.969. The van der Waals surface area contributed by atoms with Crippen LogP contribution < -0.4 is 4.74 Å². The lowest BCUT2D eigenvalue weighted by molar-refractivity contribution is -0.132. The minimum absolute atomic E-state index is 0.109. The lowest BCUT2D eigenvalue weighted by atomic mass is 9.51. The van der Waals surface area contributed by atoms with Gasteiger partial charge in [0.2, 0.25) is 0 Å². The standard InChI is InChI=1S/C29H34ClFO2/c1-29-17-25(31)28-23-11-10-22(33-18-19-7-3-2-4-8-19)16-21(23)15-20(9-5-6-14-30)27(28)24(29)12-13-26(29)32/h2-4,7-8,10-11,16,20,24-25,27-28H,5-6,9,12-15,17-18H2,1H3/t20?,24-,25?,27-,28-,29-/m0/s1. The molecule has 0 heterocycles. The molecule has 4 heteroatoms. The molecule has 0 aromatic heterocycles. The number of unbranched alkanes of at least 4 members (excludes halogenated alkanes) is 1. The Bertz CT molecular complexity index is 992. The number of rotatable bonds is 7. The summed E-state index contributed by atoms with van der Waals surface area (Å²) in [5.74, 6) is 2.62. The molecule has 2 nitrogen and oxygen atoms in total. The van der Waals surface area contributed by atoms with E-state index in [0.29, 0.717) is 37.2 Å². The first-order valence-electron chi connectivity index (χ1n) is 12.5. The second-order valence-corrected chi connectivity index (χ2v) is 11.0. The van der Waals surface area contributed by atoms with Gasteiger partial charge >= 0.3 is 0 Å². The number of carbonyl (C=O) groups is 1. The van der Waals surface area contributed by atoms with Gasteiger partial charge in [-0.3, -0.25) is 4.79 Å². The van der Waals surface area contributed by atoms with Crippen molar-refractivity contribution in [2.45, 2.75) is 70.6 Å². The summed E-state index contributed by atoms with van der Waals surface area (Å²) >= 11 is 5.98. The summed E-state index contributed by atoms with van der Waals surface area (Å²) in [6.07, 6.45) is 4.98. The van der Waals surface area contributed by atoms with Crippen LogP contribution in [0.25, 0.3) is 0 Å². The van der Waals surface area contributed by atoms with Gasteiger partial charge in [0.25, 0.3) is 0 Å². The van der Waals surface area contributed by atoms with E-state index in [4.69, 9.17) is 16.3 Å². The molecule has 2 aromatic rings. The van der Waals surface area contributed by atoms with Gasteiger partial charge in [-0.2, -0.15) is 0 Å². The van der Waals surface area contributed by atoms with Crippen LogP contribution in [0.15, 0.2) is 48.5 Å². The van der Waals surface area contributed by atoms with Crippen molar-refractivity contribution in [1.29, 1.82) is 0 Å². The Kier molecular flexibility index (Phi) is 6.53. The van der Waals surface area contributed by atoms with E-state index in [2.05, 4.69) is 24.3 Å². The number of halogens is 2. The number of ether oxygens (including phenoxy) is 1. The van der Waals surface area contributed by atoms with Crippen LogP contribution in [0.3, 0.4) is 0 Å². The Balaban J connectivity index is 1.44. The average molecular weight is 469 g/mol. The largest absolute Gasteiger partial charge is 0.489 e. The Morgan fingerprint density at radius 2 is 1.97 bits per heavy atom. The maximum Gasteiger partial charge on any atom is 0.139 e. The minimum Gasteiger partial charge on any atom is -0.489 e. The quantitative estimate of drug-likeness (QED) is 0.315. The maximum absolute atomic E-state index is 15.9. The van der Waals surface area contributed by atoms with Crippen molar-refractivity contribution in [3.05, 3.63) is 65.2 Å². The van der Waals surface area contributed by atoms with Crippen LogP contribution in [0.5, 0.6) is 5.75 Å². The molecule has 0 aliphatic heterocycles. The van der Waals surface area contributed by atoms with Crippen LogP contribution in [0, 0.1) is 23.2 Å². The summed E-state index contributed by atoms with van der Waals surface area (Å²) in [7, 11) is 0. The predicted molar refractivity (Wildman–Crippen MR) is 131 cm³/mol. The lowest BCUT2D eigenvalue weighted by Gasteiger charge is -2.53. The molecule has 0 spiro atoms. The van der Waals surface area contributed by atoms with E-state index in [9.17, 15) is 4.79 Å². The van der Waals surface area contributed by atoms with Gasteiger partial charge < -0.3 is 4.74 Å². The van der Waals surface area contributed by atoms with Crippen molar-refractivity contribution in [3.8, 4) is 5.75 Å². The highest BCUT2D eigenvalue weighted by molar-refractivity contribution is 6.17. The van der Waals surface area contributed by atoms with E-state index in [-0.39, 0.29) is 17.6 Å². The van der Waals surface area contributed by atoms with Gasteiger partial charge in [-0.1, -0.05) is 49.7 Å². The maximum atomic E-state index is 15.9. The van der Waals surface area contributed by atoms with Crippen molar-refractivity contribution in [3.63, 3.8) is 0 Å². The number of hydrogen-bond donors (Lipinski definition) is 0. The highest BCUT2D eigenvalue weighted by Crippen LogP contribution is 2.62. The number of alkyl halides is 2. The highest BCUT2D eigenvalue weighted by Gasteiger charge is 2.60. The molecular formula is C29H34ClFO2. The fraction of sp³-hybridized carbons (Fsp3) is 0.552. The van der Waals surface area contributed by atoms with Gasteiger partial charge in [0.1, 0.15) is 24.3 Å². The number of carbonyl (C=O) groups excluding carboxylic acids is 1. The van der Waals surface area contributed by atoms with Crippen molar-refractivity contribution < 1.29 is 13.9 Å². The number of hydrogen-bond acceptors (Lipinski definition) is 2. The summed E-state index contributed by atoms with van der Waals surface area (Å²) < 4.78 is 22.0. The van der Waals surface area contributed by atoms with Gasteiger partial charge in [-0.05, 0) is 78.7 Å². The third-order valence-corrected chi connectivity index (χ3v) is 9.00. The molecule has 2 aromatic carbocycles. The molecule has 0 N–H and O–H groups in total. The predicted octanol–water partition coefficient (Wildman–Crippen LogP) is 7.27. The number of Topliss-reactive ketones (excluding diaryl/α,β-unsaturated/α-hetero) is 1. The average Bonchev–Trinajstić information content (AvgIpc) is 3.11. The zero-order chi connectivity index (χ0) is 23.0. The molecule has 33 heavy (non-hydrogen) atoms. The molecule has 6 atom stereocenters. The second kappa shape index (κ2) is 9.41. The van der Waals surface area contributed by atoms with Gasteiger partial charge in [-0.25, -0.2) is 4.39 Å². The molecule has 3 aliphatic carbocycles. The zero-order valence-corrected chi connectivity index (χ0v) is 20.2. The van der Waals surface area contributed by atoms with Crippen molar-refractivity contribution in [2.75, 3.05) is 5.88 Å². The molecule has 2 saturated carbocycles. The first-order chi connectivity index (χ1) is 16.0. The third kappa shape index (κ3) is 4.22. The lowest BCUT2D eigenvalue weighted by Crippen LogP contribution is -2.50. The van der Waals surface area contributed by atoms with E-state index < -0.39 is 11.6 Å². The van der Waals surface area contributed by atoms with Crippen LogP contribution >= 0.6 is 11.6 Å². The number of benzene rings is 2. The monoisotopic (exact) mass is 468 g/mol. The molecule has 2 unspecified atom stereocenters. The van der Waals surface area contributed by atoms with E-state index >= 15 is 4.39 Å². The summed E-state index contributed by atoms with van der Waals surface area (Å²) in [6, 6.07) is 16.4. The number of fused-ring (bicyclic) bond motifs is 5. The SMILES string of the molecule is C[C@]12CC(F)[C@@H]3c4ccc(OCc5ccccc5)cc4CC(CCCCCl)[C@H]3[C@@H]1CCC2=O. The van der Waals surface area contributed by atoms with Crippen molar-refractivity contribution >= 4 is 17.4 Å². The summed E-state index contributed by atoms with van der Waals surface area (Å²) in [5.41, 5.74) is 3.03. The molecule has 0 saturated heterocycles. The Labute approximate surface area is 201 Å². The fourth-order valence-corrected chi connectivity index (χ4v) is 7.35. The van der Waals surface area contributed by atoms with Crippen LogP contribution in [0.2, 0.25) is 0 Å². The van der Waals surface area contributed by atoms with Gasteiger partial charge in [0.15, 0.2) is 0 Å². The Morgan fingerprint density at radius 3 is 2.76 bits per heavy atom. The molecule has 0 bridgehead atoms. The molecule has 5 rings (SSSR count). The van der Waals surface area contributed by atoms with Gasteiger partial charge in [-0.15, -0.1) is 11.6 Å². The second-order valence-electron chi connectivity index (χ2n) is 10.6. The Hall–Kier alpha value is -1.87. The summed E-state index contributed by atoms with van der Waals surface area (Å²) in [5, 5.41) is 0. The fourth-order valence-electron chi connectivity index (χ4n) is 7.16. The highest BCUT2D eigenvalue weighted by atomic mass is 35.5. The van der Waals surface area contributed by atoms with Crippen LogP contribution in [-0.2, 0) is 17.8 Å². The first kappa shape index (κ1) is 22.9. The molecule has 176 valence electrons. The van der Waals surface area contributed by atoms with Gasteiger partial charge in [0.05, 0.1) is 0 Å². The van der Waals surface area contributed by atoms with E-state index in [1.807, 2.05) is 31.2 Å². The molecular weight excluding hydrogens is 435 g/mol. The topological polar surface area (TPSA) is 26.3 Å². The van der Waals surface area contributed by atoms with Crippen LogP contribution in [0.4, 0.5) is 4.39 Å². The van der Waals surface area contributed by atoms with Crippen LogP contribution in [0.1, 0.15) is 68.1 Å². The molecule has 2 fully saturated rings. The third-order valence-electron chi connectivity index (χ3n) is 8.73. The van der Waals surface area contributed by atoms with Crippen molar-refractivity contribution in [1.82, 2.24) is 0 Å². The summed E-state index contributed by atoms with van der Waals surface area (Å²) in [4.78, 5) is 12.8. The smallest absolute Gasteiger partial charge is 0.139 e. The zero-order valence-electron chi connectivity index (χ0n) is 19.4. The summed E-state index contributed by atoms with van der Waals surface area (Å²) in [6.45, 7) is 2.57. The van der Waals surface area contributed by atoms with E-state index in [0.717, 1.165) is 49.0 Å². The van der Waals surface area contributed by atoms with E-state index in [1.165, 1.54) is 5.56 Å². The molecule has 3 aliphatic rings. The molecule has 0 radical (unpaired) electrons. The van der Waals surface area contributed by atoms with Crippen molar-refractivity contribution in [2.24, 2.45) is 23.2 Å². The van der Waals surface area contributed by atoms with Gasteiger partial charge in [0, 0.05) is 23.6 Å². The van der Waals surface area contributed by atoms with E-state index in [1.54, 1.807) is 0 Å². The molecule has 0 amide bonds. The van der Waals surface area contributed by atoms with Crippen LogP contribution in [-0.4, -0.2) is 17.8 Å². The first-order valence-corrected chi connectivity index (χ1v) is 13.1. The Morgan fingerprint density at radius 1 is 1.15 bits per heavy atom.